The van der Waals surface area contributed by atoms with E-state index in [9.17, 15) is 13.2 Å². The van der Waals surface area contributed by atoms with Crippen LogP contribution in [0.3, 0.4) is 0 Å². The molecule has 0 unspecified atom stereocenters. The Bertz CT molecular complexity index is 1550. The van der Waals surface area contributed by atoms with E-state index in [2.05, 4.69) is 10.3 Å². The van der Waals surface area contributed by atoms with Gasteiger partial charge in [0.1, 0.15) is 5.75 Å². The van der Waals surface area contributed by atoms with Gasteiger partial charge in [0.2, 0.25) is 11.0 Å². The number of hydrogen-bond acceptors (Lipinski definition) is 7. The fourth-order valence-electron chi connectivity index (χ4n) is 3.32. The average molecular weight is 612 g/mol. The van der Waals surface area contributed by atoms with E-state index in [4.69, 9.17) is 45.4 Å². The fourth-order valence-corrected chi connectivity index (χ4v) is 6.04. The van der Waals surface area contributed by atoms with Crippen molar-refractivity contribution in [2.45, 2.75) is 17.7 Å². The lowest BCUT2D eigenvalue weighted by atomic mass is 10.2. The quantitative estimate of drug-likeness (QED) is 0.118. The molecule has 0 bridgehead atoms. The summed E-state index contributed by atoms with van der Waals surface area (Å²) in [5.74, 6) is 6.18. The largest absolute Gasteiger partial charge is 0.492 e. The smallest absolute Gasteiger partial charge is 0.279 e. The molecule has 0 radical (unpaired) electrons. The van der Waals surface area contributed by atoms with E-state index in [0.717, 1.165) is 11.3 Å². The molecule has 0 saturated carbocycles. The SMILES string of the molecule is NN(c1nc(-c2ccccc2Cl)cs1)S(=O)(=O)c1ccc(NC(=O)CCCOc2ccc(Cl)cc2Cl)cc1. The Hall–Kier alpha value is -2.86. The number of aromatic nitrogens is 1. The minimum absolute atomic E-state index is 0.0549. The molecule has 0 saturated heterocycles. The predicted octanol–water partition coefficient (Wildman–Crippen LogP) is 6.64. The van der Waals surface area contributed by atoms with Crippen LogP contribution < -0.4 is 20.3 Å². The first kappa shape index (κ1) is 28.2. The third-order valence-corrected chi connectivity index (χ3v) is 8.60. The van der Waals surface area contributed by atoms with Crippen LogP contribution in [0.2, 0.25) is 15.1 Å². The molecule has 4 aromatic rings. The van der Waals surface area contributed by atoms with E-state index in [1.165, 1.54) is 24.3 Å². The Morgan fingerprint density at radius 3 is 2.47 bits per heavy atom. The van der Waals surface area contributed by atoms with Crippen LogP contribution in [0.25, 0.3) is 11.3 Å². The van der Waals surface area contributed by atoms with Gasteiger partial charge in [-0.3, -0.25) is 4.79 Å². The van der Waals surface area contributed by atoms with Crippen molar-refractivity contribution in [3.63, 3.8) is 0 Å². The molecule has 0 aliphatic heterocycles. The number of rotatable bonds is 10. The Morgan fingerprint density at radius 2 is 1.76 bits per heavy atom. The number of halogens is 3. The summed E-state index contributed by atoms with van der Waals surface area (Å²) in [4.78, 5) is 16.6. The number of carbonyl (C=O) groups excluding carboxylic acids is 1. The summed E-state index contributed by atoms with van der Waals surface area (Å²) in [6, 6.07) is 17.7. The number of nitrogens with zero attached hydrogens (tertiary/aromatic N) is 2. The van der Waals surface area contributed by atoms with Crippen molar-refractivity contribution in [2.24, 2.45) is 5.84 Å². The number of thiazole rings is 1. The molecule has 1 amide bonds. The Morgan fingerprint density at radius 1 is 1.03 bits per heavy atom. The zero-order valence-electron chi connectivity index (χ0n) is 19.6. The van der Waals surface area contributed by atoms with Gasteiger partial charge in [-0.15, -0.1) is 11.3 Å². The highest BCUT2D eigenvalue weighted by atomic mass is 35.5. The number of carbonyl (C=O) groups is 1. The molecule has 13 heteroatoms. The van der Waals surface area contributed by atoms with E-state index < -0.39 is 10.0 Å². The first-order valence-electron chi connectivity index (χ1n) is 11.1. The first-order valence-corrected chi connectivity index (χ1v) is 14.6. The van der Waals surface area contributed by atoms with E-state index in [1.54, 1.807) is 41.8 Å². The number of nitrogens with one attached hydrogen (secondary N) is 1. The van der Waals surface area contributed by atoms with Crippen molar-refractivity contribution in [1.29, 1.82) is 0 Å². The minimum atomic E-state index is -4.09. The van der Waals surface area contributed by atoms with Gasteiger partial charge in [0.25, 0.3) is 10.0 Å². The molecule has 0 fully saturated rings. The van der Waals surface area contributed by atoms with Gasteiger partial charge in [-0.25, -0.2) is 10.8 Å². The van der Waals surface area contributed by atoms with E-state index in [-0.39, 0.29) is 29.0 Å². The zero-order valence-corrected chi connectivity index (χ0v) is 23.5. The van der Waals surface area contributed by atoms with Gasteiger partial charge in [0.15, 0.2) is 0 Å². The monoisotopic (exact) mass is 610 g/mol. The van der Waals surface area contributed by atoms with Crippen molar-refractivity contribution in [3.8, 4) is 17.0 Å². The lowest BCUT2D eigenvalue weighted by Gasteiger charge is -2.16. The summed E-state index contributed by atoms with van der Waals surface area (Å²) in [6.45, 7) is 0.285. The van der Waals surface area contributed by atoms with Crippen LogP contribution in [0.4, 0.5) is 10.8 Å². The highest BCUT2D eigenvalue weighted by molar-refractivity contribution is 7.93. The second-order valence-corrected chi connectivity index (χ2v) is 11.8. The van der Waals surface area contributed by atoms with Gasteiger partial charge in [-0.2, -0.15) is 12.8 Å². The fraction of sp³-hybridized carbons (Fsp3) is 0.120. The molecule has 0 spiro atoms. The second kappa shape index (κ2) is 12.3. The summed E-state index contributed by atoms with van der Waals surface area (Å²) < 4.78 is 32.3. The second-order valence-electron chi connectivity index (χ2n) is 7.90. The number of hydrazine groups is 1. The van der Waals surface area contributed by atoms with Gasteiger partial charge in [0.05, 0.1) is 22.2 Å². The molecule has 1 heterocycles. The first-order chi connectivity index (χ1) is 18.1. The van der Waals surface area contributed by atoms with Crippen LogP contribution in [-0.4, -0.2) is 25.9 Å². The van der Waals surface area contributed by atoms with Crippen molar-refractivity contribution in [3.05, 3.63) is 87.2 Å². The maximum Gasteiger partial charge on any atom is 0.279 e. The maximum atomic E-state index is 13.0. The predicted molar refractivity (Wildman–Crippen MR) is 153 cm³/mol. The number of nitrogens with two attached hydrogens (primary N) is 1. The van der Waals surface area contributed by atoms with Crippen molar-refractivity contribution < 1.29 is 17.9 Å². The van der Waals surface area contributed by atoms with Gasteiger partial charge in [-0.05, 0) is 55.0 Å². The van der Waals surface area contributed by atoms with E-state index in [0.29, 0.717) is 48.6 Å². The average Bonchev–Trinajstić information content (AvgIpc) is 3.37. The molecule has 0 aliphatic carbocycles. The van der Waals surface area contributed by atoms with Crippen LogP contribution in [0.5, 0.6) is 5.75 Å². The highest BCUT2D eigenvalue weighted by Gasteiger charge is 2.25. The molecular formula is C25H21Cl3N4O4S2. The van der Waals surface area contributed by atoms with E-state index >= 15 is 0 Å². The maximum absolute atomic E-state index is 13.0. The molecule has 198 valence electrons. The van der Waals surface area contributed by atoms with E-state index in [1.807, 2.05) is 6.07 Å². The number of sulfonamides is 1. The van der Waals surface area contributed by atoms with Crippen LogP contribution in [0.15, 0.2) is 77.0 Å². The molecule has 4 rings (SSSR count). The summed E-state index contributed by atoms with van der Waals surface area (Å²) in [5, 5.41) is 5.88. The topological polar surface area (TPSA) is 115 Å². The summed E-state index contributed by atoms with van der Waals surface area (Å²) >= 11 is 19.2. The zero-order chi connectivity index (χ0) is 27.3. The van der Waals surface area contributed by atoms with Crippen LogP contribution in [0.1, 0.15) is 12.8 Å². The summed E-state index contributed by atoms with van der Waals surface area (Å²) in [6.07, 6.45) is 0.642. The lowest BCUT2D eigenvalue weighted by molar-refractivity contribution is -0.116. The molecule has 1 aromatic heterocycles. The Labute approximate surface area is 238 Å². The van der Waals surface area contributed by atoms with Crippen LogP contribution in [0, 0.1) is 0 Å². The van der Waals surface area contributed by atoms with Crippen LogP contribution in [-0.2, 0) is 14.8 Å². The van der Waals surface area contributed by atoms with Gasteiger partial charge >= 0.3 is 0 Å². The number of benzene rings is 3. The molecular weight excluding hydrogens is 591 g/mol. The lowest BCUT2D eigenvalue weighted by Crippen LogP contribution is -2.37. The number of amides is 1. The van der Waals surface area contributed by atoms with Gasteiger partial charge < -0.3 is 10.1 Å². The third kappa shape index (κ3) is 6.76. The normalized spacial score (nSPS) is 11.3. The molecule has 0 aliphatic rings. The van der Waals surface area contributed by atoms with Crippen molar-refractivity contribution >= 4 is 72.9 Å². The Kier molecular flexibility index (Phi) is 9.14. The number of hydrogen-bond donors (Lipinski definition) is 2. The highest BCUT2D eigenvalue weighted by Crippen LogP contribution is 2.33. The Balaban J connectivity index is 1.32. The molecule has 3 aromatic carbocycles. The number of anilines is 2. The standard InChI is InChI=1S/C25H21Cl3N4O4S2/c26-16-7-12-23(21(28)14-16)36-13-3-6-24(33)30-17-8-10-18(11-9-17)38(34,35)32(29)25-31-22(15-37-25)19-4-1-2-5-20(19)27/h1-2,4-5,7-12,14-15H,3,6,13,29H2,(H,30,33). The third-order valence-electron chi connectivity index (χ3n) is 5.22. The minimum Gasteiger partial charge on any atom is -0.492 e. The number of ether oxygens (including phenoxy) is 1. The van der Waals surface area contributed by atoms with Gasteiger partial charge in [0, 0.05) is 33.1 Å². The van der Waals surface area contributed by atoms with Crippen molar-refractivity contribution in [2.75, 3.05) is 16.3 Å². The van der Waals surface area contributed by atoms with Crippen molar-refractivity contribution in [1.82, 2.24) is 4.98 Å². The summed E-state index contributed by atoms with van der Waals surface area (Å²) in [5.41, 5.74) is 1.62. The molecule has 3 N–H and O–H groups in total. The van der Waals surface area contributed by atoms with Crippen LogP contribution >= 0.6 is 46.1 Å². The summed E-state index contributed by atoms with van der Waals surface area (Å²) in [7, 11) is -4.09. The molecule has 8 nitrogen and oxygen atoms in total. The molecule has 0 atom stereocenters. The molecule has 38 heavy (non-hydrogen) atoms. The van der Waals surface area contributed by atoms with Gasteiger partial charge in [-0.1, -0.05) is 53.0 Å².